The van der Waals surface area contributed by atoms with Gasteiger partial charge in [0.2, 0.25) is 0 Å². The molecule has 3 atom stereocenters. The summed E-state index contributed by atoms with van der Waals surface area (Å²) >= 11 is 3.34. The van der Waals surface area contributed by atoms with Crippen LogP contribution in [0.15, 0.2) is 0 Å². The second-order valence-electron chi connectivity index (χ2n) is 9.74. The van der Waals surface area contributed by atoms with E-state index in [0.717, 1.165) is 37.2 Å². The van der Waals surface area contributed by atoms with Crippen molar-refractivity contribution >= 4 is 47.4 Å². The number of thioether (sulfide) groups is 2. The lowest BCUT2D eigenvalue weighted by Crippen LogP contribution is -2.50. The summed E-state index contributed by atoms with van der Waals surface area (Å²) in [5.74, 6) is -0.625. The molecule has 0 rings (SSSR count). The fourth-order valence-electron chi connectivity index (χ4n) is 4.03. The van der Waals surface area contributed by atoms with Crippen LogP contribution in [0.3, 0.4) is 0 Å². The van der Waals surface area contributed by atoms with Crippen molar-refractivity contribution < 1.29 is 38.1 Å². The summed E-state index contributed by atoms with van der Waals surface area (Å²) in [7, 11) is 0. The standard InChI is InChI=1S/C29H52O8S2/c1-7-9-11-13-15-17-19-38-29(39-20-18-16-14-12-10-8-2)28(37-25(6)33)27(36-24(5)32)26(35-23(4)31)21-34-22(3)30/h26-29H,7-21H2,1-6H3. The predicted molar refractivity (Wildman–Crippen MR) is 159 cm³/mol. The van der Waals surface area contributed by atoms with E-state index in [1.165, 1.54) is 79.1 Å². The van der Waals surface area contributed by atoms with E-state index in [1.807, 2.05) is 0 Å². The van der Waals surface area contributed by atoms with E-state index in [2.05, 4.69) is 13.8 Å². The lowest BCUT2D eigenvalue weighted by Gasteiger charge is -2.35. The van der Waals surface area contributed by atoms with Crippen molar-refractivity contribution in [1.82, 2.24) is 0 Å². The molecule has 0 heterocycles. The molecule has 3 unspecified atom stereocenters. The van der Waals surface area contributed by atoms with Gasteiger partial charge in [0.05, 0.1) is 4.58 Å². The molecule has 0 saturated heterocycles. The summed E-state index contributed by atoms with van der Waals surface area (Å²) in [6, 6.07) is 0. The van der Waals surface area contributed by atoms with Crippen molar-refractivity contribution in [3.05, 3.63) is 0 Å². The largest absolute Gasteiger partial charge is 0.462 e. The predicted octanol–water partition coefficient (Wildman–Crippen LogP) is 6.86. The Kier molecular flexibility index (Phi) is 23.5. The Bertz CT molecular complexity index is 670. The molecule has 0 N–H and O–H groups in total. The number of carbonyl (C=O) groups excluding carboxylic acids is 4. The molecule has 0 aliphatic heterocycles. The van der Waals surface area contributed by atoms with Gasteiger partial charge in [0.1, 0.15) is 6.61 Å². The van der Waals surface area contributed by atoms with Crippen LogP contribution in [0.4, 0.5) is 0 Å². The van der Waals surface area contributed by atoms with Crippen LogP contribution in [0.25, 0.3) is 0 Å². The minimum Gasteiger partial charge on any atom is -0.462 e. The first-order valence-electron chi connectivity index (χ1n) is 14.5. The Hall–Kier alpha value is -1.42. The number of ether oxygens (including phenoxy) is 4. The average molecular weight is 593 g/mol. The van der Waals surface area contributed by atoms with E-state index in [-0.39, 0.29) is 11.2 Å². The fourth-order valence-corrected chi connectivity index (χ4v) is 6.99. The van der Waals surface area contributed by atoms with Crippen LogP contribution in [0.2, 0.25) is 0 Å². The molecule has 0 spiro atoms. The minimum absolute atomic E-state index is 0.264. The van der Waals surface area contributed by atoms with Crippen LogP contribution < -0.4 is 0 Å². The Morgan fingerprint density at radius 3 is 1.36 bits per heavy atom. The molecular formula is C29H52O8S2. The van der Waals surface area contributed by atoms with Gasteiger partial charge in [-0.05, 0) is 24.3 Å². The van der Waals surface area contributed by atoms with E-state index < -0.39 is 42.2 Å². The minimum atomic E-state index is -1.13. The second kappa shape index (κ2) is 24.4. The lowest BCUT2D eigenvalue weighted by atomic mass is 10.1. The van der Waals surface area contributed by atoms with Crippen LogP contribution in [0.1, 0.15) is 119 Å². The maximum absolute atomic E-state index is 12.2. The maximum Gasteiger partial charge on any atom is 0.303 e. The number of unbranched alkanes of at least 4 members (excludes halogenated alkanes) is 10. The molecular weight excluding hydrogens is 540 g/mol. The SMILES string of the molecule is CCCCCCCCSC(SCCCCCCCC)C(OC(C)=O)C(OC(C)=O)C(COC(C)=O)OC(C)=O. The van der Waals surface area contributed by atoms with E-state index in [1.54, 1.807) is 23.5 Å². The third-order valence-electron chi connectivity index (χ3n) is 5.89. The fraction of sp³-hybridized carbons (Fsp3) is 0.862. The van der Waals surface area contributed by atoms with Crippen LogP contribution >= 0.6 is 23.5 Å². The number of hydrogen-bond acceptors (Lipinski definition) is 10. The monoisotopic (exact) mass is 592 g/mol. The normalized spacial score (nSPS) is 13.4. The molecule has 10 heteroatoms. The quantitative estimate of drug-likeness (QED) is 0.0511. The summed E-state index contributed by atoms with van der Waals surface area (Å²) in [6.07, 6.45) is 10.8. The van der Waals surface area contributed by atoms with Gasteiger partial charge in [0, 0.05) is 27.7 Å². The molecule has 8 nitrogen and oxygen atoms in total. The topological polar surface area (TPSA) is 105 Å². The molecule has 0 aliphatic rings. The summed E-state index contributed by atoms with van der Waals surface area (Å²) in [6.45, 7) is 9.09. The van der Waals surface area contributed by atoms with Gasteiger partial charge >= 0.3 is 23.9 Å². The Morgan fingerprint density at radius 1 is 0.538 bits per heavy atom. The van der Waals surface area contributed by atoms with Gasteiger partial charge in [0.25, 0.3) is 0 Å². The molecule has 39 heavy (non-hydrogen) atoms. The second-order valence-corrected chi connectivity index (χ2v) is 12.5. The Balaban J connectivity index is 5.80. The number of carbonyl (C=O) groups is 4. The first kappa shape index (κ1) is 37.6. The summed E-state index contributed by atoms with van der Waals surface area (Å²) in [5, 5.41) is 0. The molecule has 0 saturated carbocycles. The van der Waals surface area contributed by atoms with E-state index in [4.69, 9.17) is 18.9 Å². The smallest absolute Gasteiger partial charge is 0.303 e. The van der Waals surface area contributed by atoms with Crippen LogP contribution in [-0.4, -0.2) is 64.9 Å². The van der Waals surface area contributed by atoms with Gasteiger partial charge in [-0.1, -0.05) is 78.1 Å². The van der Waals surface area contributed by atoms with Gasteiger partial charge < -0.3 is 18.9 Å². The Morgan fingerprint density at radius 2 is 0.949 bits per heavy atom. The lowest BCUT2D eigenvalue weighted by molar-refractivity contribution is -0.187. The highest BCUT2D eigenvalue weighted by Gasteiger charge is 2.42. The maximum atomic E-state index is 12.2. The first-order valence-corrected chi connectivity index (χ1v) is 16.6. The first-order chi connectivity index (χ1) is 18.6. The zero-order valence-corrected chi connectivity index (χ0v) is 26.6. The van der Waals surface area contributed by atoms with E-state index in [0.29, 0.717) is 0 Å². The van der Waals surface area contributed by atoms with Gasteiger partial charge in [-0.3, -0.25) is 19.2 Å². The van der Waals surface area contributed by atoms with Crippen molar-refractivity contribution in [3.8, 4) is 0 Å². The molecule has 0 aromatic carbocycles. The summed E-state index contributed by atoms with van der Waals surface area (Å²) in [4.78, 5) is 47.8. The summed E-state index contributed by atoms with van der Waals surface area (Å²) in [5.41, 5.74) is 0. The number of esters is 4. The zero-order valence-electron chi connectivity index (χ0n) is 25.0. The molecule has 0 aromatic rings. The number of rotatable bonds is 24. The van der Waals surface area contributed by atoms with Crippen molar-refractivity contribution in [1.29, 1.82) is 0 Å². The highest BCUT2D eigenvalue weighted by atomic mass is 32.2. The summed E-state index contributed by atoms with van der Waals surface area (Å²) < 4.78 is 21.7. The third kappa shape index (κ3) is 21.1. The molecule has 228 valence electrons. The van der Waals surface area contributed by atoms with Crippen molar-refractivity contribution in [2.24, 2.45) is 0 Å². The molecule has 0 bridgehead atoms. The third-order valence-corrected chi connectivity index (χ3v) is 8.95. The highest BCUT2D eigenvalue weighted by Crippen LogP contribution is 2.34. The van der Waals surface area contributed by atoms with Crippen molar-refractivity contribution in [2.45, 2.75) is 141 Å². The van der Waals surface area contributed by atoms with E-state index in [9.17, 15) is 19.2 Å². The molecule has 0 amide bonds. The van der Waals surface area contributed by atoms with Crippen molar-refractivity contribution in [2.75, 3.05) is 18.1 Å². The van der Waals surface area contributed by atoms with Gasteiger partial charge in [0.15, 0.2) is 18.3 Å². The highest BCUT2D eigenvalue weighted by molar-refractivity contribution is 8.17. The van der Waals surface area contributed by atoms with Crippen molar-refractivity contribution in [3.63, 3.8) is 0 Å². The van der Waals surface area contributed by atoms with Gasteiger partial charge in [-0.25, -0.2) is 0 Å². The van der Waals surface area contributed by atoms with Crippen LogP contribution in [0.5, 0.6) is 0 Å². The van der Waals surface area contributed by atoms with Gasteiger partial charge in [-0.2, -0.15) is 0 Å². The molecule has 0 aromatic heterocycles. The van der Waals surface area contributed by atoms with Gasteiger partial charge in [-0.15, -0.1) is 23.5 Å². The average Bonchev–Trinajstić information content (AvgIpc) is 2.85. The van der Waals surface area contributed by atoms with Crippen LogP contribution in [-0.2, 0) is 38.1 Å². The Labute approximate surface area is 244 Å². The molecule has 0 aliphatic carbocycles. The van der Waals surface area contributed by atoms with Crippen LogP contribution in [0, 0.1) is 0 Å². The molecule has 0 radical (unpaired) electrons. The number of hydrogen-bond donors (Lipinski definition) is 0. The van der Waals surface area contributed by atoms with E-state index >= 15 is 0 Å². The molecule has 0 fully saturated rings. The zero-order chi connectivity index (χ0) is 29.5.